The number of β-amino-alcohol motifs (C(OH)–C–C–N with tert-alkyl or cyclic N) is 1. The summed E-state index contributed by atoms with van der Waals surface area (Å²) in [6.07, 6.45) is 1.22. The fraction of sp³-hybridized carbons (Fsp3) is 0.500. The van der Waals surface area contributed by atoms with Crippen LogP contribution >= 0.6 is 0 Å². The van der Waals surface area contributed by atoms with Crippen LogP contribution in [0.3, 0.4) is 0 Å². The second kappa shape index (κ2) is 5.25. The minimum atomic E-state index is -0.339. The number of hydrogen-bond acceptors (Lipinski definition) is 4. The molecule has 1 fully saturated rings. The Balaban J connectivity index is 1.97. The smallest absolute Gasteiger partial charge is 0.272 e. The fourth-order valence-corrected chi connectivity index (χ4v) is 2.19. The van der Waals surface area contributed by atoms with Gasteiger partial charge in [-0.3, -0.25) is 10.1 Å². The van der Waals surface area contributed by atoms with Crippen LogP contribution in [0, 0.1) is 10.1 Å². The van der Waals surface area contributed by atoms with Gasteiger partial charge in [-0.1, -0.05) is 18.2 Å². The van der Waals surface area contributed by atoms with Gasteiger partial charge in [0.2, 0.25) is 0 Å². The molecule has 1 heterocycles. The molecular formula is C12H16N2O3. The molecule has 1 unspecified atom stereocenters. The summed E-state index contributed by atoms with van der Waals surface area (Å²) >= 11 is 0. The monoisotopic (exact) mass is 236 g/mol. The molecule has 17 heavy (non-hydrogen) atoms. The van der Waals surface area contributed by atoms with Gasteiger partial charge < -0.3 is 10.0 Å². The van der Waals surface area contributed by atoms with E-state index >= 15 is 0 Å². The molecule has 5 nitrogen and oxygen atoms in total. The average molecular weight is 236 g/mol. The molecule has 1 saturated heterocycles. The number of likely N-dealkylation sites (tertiary alicyclic amines) is 1. The first-order valence-corrected chi connectivity index (χ1v) is 5.79. The number of aliphatic hydroxyl groups is 1. The Morgan fingerprint density at radius 2 is 2.24 bits per heavy atom. The maximum atomic E-state index is 10.8. The van der Waals surface area contributed by atoms with E-state index in [4.69, 9.17) is 0 Å². The summed E-state index contributed by atoms with van der Waals surface area (Å²) in [6, 6.07) is 6.83. The van der Waals surface area contributed by atoms with E-state index in [0.717, 1.165) is 25.1 Å². The third kappa shape index (κ3) is 3.01. The first-order chi connectivity index (χ1) is 8.16. The van der Waals surface area contributed by atoms with Gasteiger partial charge in [-0.2, -0.15) is 0 Å². The van der Waals surface area contributed by atoms with Crippen molar-refractivity contribution in [3.8, 4) is 0 Å². The van der Waals surface area contributed by atoms with Crippen LogP contribution in [-0.2, 0) is 6.42 Å². The van der Waals surface area contributed by atoms with Gasteiger partial charge in [-0.15, -0.1) is 0 Å². The first-order valence-electron chi connectivity index (χ1n) is 5.79. The molecule has 0 radical (unpaired) electrons. The van der Waals surface area contributed by atoms with Gasteiger partial charge in [0.1, 0.15) is 0 Å². The lowest BCUT2D eigenvalue weighted by atomic mass is 10.1. The van der Waals surface area contributed by atoms with Crippen LogP contribution in [0.25, 0.3) is 0 Å². The van der Waals surface area contributed by atoms with Crippen LogP contribution < -0.4 is 0 Å². The van der Waals surface area contributed by atoms with Crippen molar-refractivity contribution in [3.05, 3.63) is 39.9 Å². The minimum absolute atomic E-state index is 0.187. The van der Waals surface area contributed by atoms with Gasteiger partial charge in [-0.25, -0.2) is 0 Å². The van der Waals surface area contributed by atoms with Crippen LogP contribution in [0.15, 0.2) is 24.3 Å². The lowest BCUT2D eigenvalue weighted by Crippen LogP contribution is -2.24. The summed E-state index contributed by atoms with van der Waals surface area (Å²) in [4.78, 5) is 12.6. The Kier molecular flexibility index (Phi) is 3.71. The molecule has 5 heteroatoms. The van der Waals surface area contributed by atoms with E-state index in [-0.39, 0.29) is 16.7 Å². The number of nitro groups is 1. The van der Waals surface area contributed by atoms with Crippen molar-refractivity contribution in [1.82, 2.24) is 4.90 Å². The lowest BCUT2D eigenvalue weighted by molar-refractivity contribution is -0.385. The zero-order valence-corrected chi connectivity index (χ0v) is 9.58. The van der Waals surface area contributed by atoms with Crippen LogP contribution in [0.5, 0.6) is 0 Å². The van der Waals surface area contributed by atoms with Crippen molar-refractivity contribution in [2.24, 2.45) is 0 Å². The van der Waals surface area contributed by atoms with Crippen molar-refractivity contribution in [3.63, 3.8) is 0 Å². The molecule has 1 aromatic carbocycles. The predicted octanol–water partition coefficient (Wildman–Crippen LogP) is 1.20. The minimum Gasteiger partial charge on any atom is -0.392 e. The second-order valence-electron chi connectivity index (χ2n) is 4.38. The van der Waals surface area contributed by atoms with E-state index < -0.39 is 0 Å². The molecule has 2 rings (SSSR count). The molecule has 1 atom stereocenters. The normalized spacial score (nSPS) is 20.6. The summed E-state index contributed by atoms with van der Waals surface area (Å²) in [7, 11) is 0. The highest BCUT2D eigenvalue weighted by Gasteiger charge is 2.20. The zero-order valence-electron chi connectivity index (χ0n) is 9.58. The fourth-order valence-electron chi connectivity index (χ4n) is 2.19. The Morgan fingerprint density at radius 3 is 2.88 bits per heavy atom. The maximum Gasteiger partial charge on any atom is 0.272 e. The third-order valence-corrected chi connectivity index (χ3v) is 3.13. The van der Waals surface area contributed by atoms with E-state index in [0.29, 0.717) is 13.0 Å². The maximum absolute atomic E-state index is 10.8. The molecule has 0 aromatic heterocycles. The second-order valence-corrected chi connectivity index (χ2v) is 4.38. The van der Waals surface area contributed by atoms with E-state index in [1.807, 2.05) is 6.07 Å². The van der Waals surface area contributed by atoms with Gasteiger partial charge >= 0.3 is 0 Å². The van der Waals surface area contributed by atoms with Gasteiger partial charge in [0.25, 0.3) is 5.69 Å². The van der Waals surface area contributed by atoms with Crippen LogP contribution in [0.1, 0.15) is 12.0 Å². The third-order valence-electron chi connectivity index (χ3n) is 3.13. The molecule has 0 saturated carbocycles. The van der Waals surface area contributed by atoms with Crippen LogP contribution in [-0.4, -0.2) is 40.7 Å². The largest absolute Gasteiger partial charge is 0.392 e. The number of rotatable bonds is 4. The van der Waals surface area contributed by atoms with Crippen LogP contribution in [0.2, 0.25) is 0 Å². The van der Waals surface area contributed by atoms with Gasteiger partial charge in [0.05, 0.1) is 11.0 Å². The summed E-state index contributed by atoms with van der Waals surface area (Å²) in [5.74, 6) is 0. The van der Waals surface area contributed by atoms with E-state index in [9.17, 15) is 15.2 Å². The number of para-hydroxylation sites is 1. The number of aliphatic hydroxyl groups excluding tert-OH is 1. The van der Waals surface area contributed by atoms with Gasteiger partial charge in [0, 0.05) is 31.3 Å². The molecule has 0 bridgehead atoms. The highest BCUT2D eigenvalue weighted by molar-refractivity contribution is 5.39. The predicted molar refractivity (Wildman–Crippen MR) is 63.9 cm³/mol. The Hall–Kier alpha value is -1.46. The number of nitro benzene ring substituents is 1. The molecule has 0 amide bonds. The van der Waals surface area contributed by atoms with E-state index in [1.165, 1.54) is 6.07 Å². The van der Waals surface area contributed by atoms with Crippen molar-refractivity contribution < 1.29 is 10.0 Å². The highest BCUT2D eigenvalue weighted by Crippen LogP contribution is 2.19. The molecule has 0 spiro atoms. The van der Waals surface area contributed by atoms with Crippen LogP contribution in [0.4, 0.5) is 5.69 Å². The van der Waals surface area contributed by atoms with Gasteiger partial charge in [-0.05, 0) is 12.8 Å². The number of hydrogen-bond donors (Lipinski definition) is 1. The van der Waals surface area contributed by atoms with E-state index in [1.54, 1.807) is 12.1 Å². The Labute approximate surface area is 99.8 Å². The molecule has 92 valence electrons. The summed E-state index contributed by atoms with van der Waals surface area (Å²) in [5.41, 5.74) is 0.950. The Bertz CT molecular complexity index is 408. The van der Waals surface area contributed by atoms with E-state index in [2.05, 4.69) is 4.90 Å². The first kappa shape index (κ1) is 12.0. The van der Waals surface area contributed by atoms with Crippen molar-refractivity contribution in [2.75, 3.05) is 19.6 Å². The highest BCUT2D eigenvalue weighted by atomic mass is 16.6. The molecule has 1 aliphatic rings. The number of benzene rings is 1. The molecule has 1 aliphatic heterocycles. The molecular weight excluding hydrogens is 220 g/mol. The summed E-state index contributed by atoms with van der Waals surface area (Å²) < 4.78 is 0. The average Bonchev–Trinajstić information content (AvgIpc) is 2.73. The summed E-state index contributed by atoms with van der Waals surface area (Å²) in [6.45, 7) is 2.32. The quantitative estimate of drug-likeness (QED) is 0.630. The zero-order chi connectivity index (χ0) is 12.3. The molecule has 0 aliphatic carbocycles. The number of nitrogens with zero attached hydrogens (tertiary/aromatic N) is 2. The lowest BCUT2D eigenvalue weighted by Gasteiger charge is -2.14. The van der Waals surface area contributed by atoms with Gasteiger partial charge in [0.15, 0.2) is 0 Å². The topological polar surface area (TPSA) is 66.6 Å². The standard InChI is InChI=1S/C12H16N2O3/c15-11-6-8-13(9-11)7-5-10-3-1-2-4-12(10)14(16)17/h1-4,11,15H,5-9H2. The SMILES string of the molecule is O=[N+]([O-])c1ccccc1CCN1CCC(O)C1. The molecule has 1 N–H and O–H groups in total. The Morgan fingerprint density at radius 1 is 1.47 bits per heavy atom. The van der Waals surface area contributed by atoms with Crippen molar-refractivity contribution in [1.29, 1.82) is 0 Å². The van der Waals surface area contributed by atoms with Crippen molar-refractivity contribution in [2.45, 2.75) is 18.9 Å². The van der Waals surface area contributed by atoms with Crippen molar-refractivity contribution >= 4 is 5.69 Å². The summed E-state index contributed by atoms with van der Waals surface area (Å²) in [5, 5.41) is 20.2. The molecule has 1 aromatic rings.